The summed E-state index contributed by atoms with van der Waals surface area (Å²) in [5.74, 6) is -0.103. The van der Waals surface area contributed by atoms with Crippen LogP contribution >= 0.6 is 0 Å². The lowest BCUT2D eigenvalue weighted by Gasteiger charge is -2.11. The van der Waals surface area contributed by atoms with Gasteiger partial charge in [-0.25, -0.2) is 0 Å². The lowest BCUT2D eigenvalue weighted by Crippen LogP contribution is -2.30. The van der Waals surface area contributed by atoms with Gasteiger partial charge in [-0.1, -0.05) is 60.7 Å². The quantitative estimate of drug-likeness (QED) is 0.449. The molecule has 0 aliphatic rings. The zero-order valence-electron chi connectivity index (χ0n) is 16.5. The number of carbonyl (C=O) groups excluding carboxylic acids is 2. The first-order valence-electron chi connectivity index (χ1n) is 9.41. The number of hydrogen-bond acceptors (Lipinski definition) is 3. The molecule has 0 bridgehead atoms. The molecule has 0 radical (unpaired) electrons. The summed E-state index contributed by atoms with van der Waals surface area (Å²) >= 11 is 0. The normalized spacial score (nSPS) is 11.2. The van der Waals surface area contributed by atoms with E-state index in [1.54, 1.807) is 67.8 Å². The second-order valence-corrected chi connectivity index (χ2v) is 6.35. The number of carbonyl (C=O) groups is 2. The van der Waals surface area contributed by atoms with Gasteiger partial charge in [-0.05, 0) is 48.0 Å². The first-order chi connectivity index (χ1) is 14.7. The Labute approximate surface area is 175 Å². The largest absolute Gasteiger partial charge is 0.497 e. The molecule has 30 heavy (non-hydrogen) atoms. The molecular weight excluding hydrogens is 376 g/mol. The van der Waals surface area contributed by atoms with E-state index in [4.69, 9.17) is 4.74 Å². The molecule has 2 amide bonds. The monoisotopic (exact) mass is 398 g/mol. The lowest BCUT2D eigenvalue weighted by atomic mass is 10.2. The van der Waals surface area contributed by atoms with Crippen molar-refractivity contribution in [3.63, 3.8) is 0 Å². The molecule has 0 spiro atoms. The van der Waals surface area contributed by atoms with E-state index in [1.165, 1.54) is 0 Å². The van der Waals surface area contributed by atoms with Crippen molar-refractivity contribution in [1.29, 1.82) is 0 Å². The van der Waals surface area contributed by atoms with Crippen LogP contribution in [0, 0.1) is 0 Å². The van der Waals surface area contributed by atoms with E-state index in [1.807, 2.05) is 42.5 Å². The summed E-state index contributed by atoms with van der Waals surface area (Å²) in [4.78, 5) is 25.4. The molecule has 0 fully saturated rings. The molecule has 5 heteroatoms. The minimum Gasteiger partial charge on any atom is -0.497 e. The molecule has 0 saturated heterocycles. The molecule has 0 saturated carbocycles. The summed E-state index contributed by atoms with van der Waals surface area (Å²) in [6.07, 6.45) is 5.16. The number of hydrogen-bond donors (Lipinski definition) is 2. The first-order valence-corrected chi connectivity index (χ1v) is 9.41. The average Bonchev–Trinajstić information content (AvgIpc) is 2.80. The van der Waals surface area contributed by atoms with Crippen LogP contribution in [0.1, 0.15) is 15.9 Å². The summed E-state index contributed by atoms with van der Waals surface area (Å²) < 4.78 is 5.13. The van der Waals surface area contributed by atoms with Crippen molar-refractivity contribution in [1.82, 2.24) is 5.32 Å². The van der Waals surface area contributed by atoms with Crippen LogP contribution in [0.4, 0.5) is 5.69 Å². The highest BCUT2D eigenvalue weighted by Crippen LogP contribution is 2.15. The van der Waals surface area contributed by atoms with E-state index >= 15 is 0 Å². The molecule has 0 atom stereocenters. The molecule has 0 aromatic heterocycles. The van der Waals surface area contributed by atoms with Crippen molar-refractivity contribution in [3.05, 3.63) is 114 Å². The number of rotatable bonds is 7. The minimum absolute atomic E-state index is 0.131. The summed E-state index contributed by atoms with van der Waals surface area (Å²) in [6.45, 7) is 0. The summed E-state index contributed by atoms with van der Waals surface area (Å²) in [5, 5.41) is 5.48. The third-order valence-corrected chi connectivity index (χ3v) is 4.23. The Morgan fingerprint density at radius 1 is 0.833 bits per heavy atom. The molecule has 5 nitrogen and oxygen atoms in total. The van der Waals surface area contributed by atoms with E-state index in [2.05, 4.69) is 10.6 Å². The maximum Gasteiger partial charge on any atom is 0.272 e. The summed E-state index contributed by atoms with van der Waals surface area (Å²) in [5.41, 5.74) is 2.17. The zero-order valence-corrected chi connectivity index (χ0v) is 16.5. The van der Waals surface area contributed by atoms with Crippen molar-refractivity contribution in [2.75, 3.05) is 12.4 Å². The van der Waals surface area contributed by atoms with Gasteiger partial charge < -0.3 is 15.4 Å². The molecule has 0 aliphatic carbocycles. The number of methoxy groups -OCH3 is 1. The molecule has 3 aromatic rings. The molecule has 0 aliphatic heterocycles. The topological polar surface area (TPSA) is 67.4 Å². The van der Waals surface area contributed by atoms with Gasteiger partial charge in [0.05, 0.1) is 7.11 Å². The Kier molecular flexibility index (Phi) is 7.17. The van der Waals surface area contributed by atoms with Gasteiger partial charge >= 0.3 is 0 Å². The van der Waals surface area contributed by atoms with Crippen LogP contribution in [-0.4, -0.2) is 18.9 Å². The zero-order chi connectivity index (χ0) is 21.2. The van der Waals surface area contributed by atoms with Crippen molar-refractivity contribution in [2.24, 2.45) is 0 Å². The van der Waals surface area contributed by atoms with Gasteiger partial charge in [-0.15, -0.1) is 0 Å². The summed E-state index contributed by atoms with van der Waals surface area (Å²) in [7, 11) is 1.58. The molecule has 0 unspecified atom stereocenters. The number of allylic oxidation sites excluding steroid dienone is 2. The van der Waals surface area contributed by atoms with Gasteiger partial charge in [0.15, 0.2) is 0 Å². The number of amides is 2. The number of anilines is 1. The standard InChI is InChI=1S/C25H22N2O3/c1-30-22-17-15-21(16-18-22)26-25(29)23(14-8-11-19-9-4-2-5-10-19)27-24(28)20-12-6-3-7-13-20/h2-18H,1H3,(H,26,29)(H,27,28)/b11-8-,23-14-. The Morgan fingerprint density at radius 3 is 2.10 bits per heavy atom. The van der Waals surface area contributed by atoms with E-state index in [-0.39, 0.29) is 11.6 Å². The Hall–Kier alpha value is -4.12. The Balaban J connectivity index is 1.79. The van der Waals surface area contributed by atoms with Gasteiger partial charge in [0, 0.05) is 11.3 Å². The molecule has 3 aromatic carbocycles. The van der Waals surface area contributed by atoms with Gasteiger partial charge in [0.1, 0.15) is 11.4 Å². The number of ether oxygens (including phenoxy) is 1. The fourth-order valence-corrected chi connectivity index (χ4v) is 2.65. The molecule has 0 heterocycles. The average molecular weight is 398 g/mol. The fraction of sp³-hybridized carbons (Fsp3) is 0.0400. The SMILES string of the molecule is COc1ccc(NC(=O)/C(=C/C=C\c2ccccc2)NC(=O)c2ccccc2)cc1. The molecule has 2 N–H and O–H groups in total. The van der Waals surface area contributed by atoms with Crippen LogP contribution in [0.5, 0.6) is 5.75 Å². The van der Waals surface area contributed by atoms with Crippen molar-refractivity contribution in [2.45, 2.75) is 0 Å². The highest BCUT2D eigenvalue weighted by molar-refractivity contribution is 6.08. The van der Waals surface area contributed by atoms with Crippen molar-refractivity contribution < 1.29 is 14.3 Å². The fourth-order valence-electron chi connectivity index (χ4n) is 2.65. The van der Waals surface area contributed by atoms with Gasteiger partial charge in [0.25, 0.3) is 11.8 Å². The second-order valence-electron chi connectivity index (χ2n) is 6.35. The van der Waals surface area contributed by atoms with Crippen molar-refractivity contribution in [3.8, 4) is 5.75 Å². The highest BCUT2D eigenvalue weighted by atomic mass is 16.5. The van der Waals surface area contributed by atoms with Crippen LogP contribution in [0.25, 0.3) is 6.08 Å². The van der Waals surface area contributed by atoms with Crippen LogP contribution in [0.3, 0.4) is 0 Å². The third-order valence-electron chi connectivity index (χ3n) is 4.23. The number of nitrogens with one attached hydrogen (secondary N) is 2. The minimum atomic E-state index is -0.429. The maximum absolute atomic E-state index is 12.8. The Morgan fingerprint density at radius 2 is 1.47 bits per heavy atom. The molecular formula is C25H22N2O3. The number of benzene rings is 3. The molecule has 3 rings (SSSR count). The smallest absolute Gasteiger partial charge is 0.272 e. The van der Waals surface area contributed by atoms with E-state index in [0.29, 0.717) is 17.0 Å². The van der Waals surface area contributed by atoms with Gasteiger partial charge in [-0.2, -0.15) is 0 Å². The Bertz CT molecular complexity index is 1040. The van der Waals surface area contributed by atoms with Crippen LogP contribution in [0.15, 0.2) is 103 Å². The van der Waals surface area contributed by atoms with E-state index < -0.39 is 5.91 Å². The van der Waals surface area contributed by atoms with Crippen LogP contribution in [-0.2, 0) is 4.79 Å². The lowest BCUT2D eigenvalue weighted by molar-refractivity contribution is -0.113. The van der Waals surface area contributed by atoms with Gasteiger partial charge in [0.2, 0.25) is 0 Å². The second kappa shape index (κ2) is 10.4. The van der Waals surface area contributed by atoms with E-state index in [9.17, 15) is 9.59 Å². The predicted octanol–water partition coefficient (Wildman–Crippen LogP) is 4.66. The van der Waals surface area contributed by atoms with Crippen LogP contribution in [0.2, 0.25) is 0 Å². The highest BCUT2D eigenvalue weighted by Gasteiger charge is 2.14. The van der Waals surface area contributed by atoms with E-state index in [0.717, 1.165) is 5.56 Å². The third kappa shape index (κ3) is 5.94. The van der Waals surface area contributed by atoms with Crippen LogP contribution < -0.4 is 15.4 Å². The maximum atomic E-state index is 12.8. The molecule has 150 valence electrons. The van der Waals surface area contributed by atoms with Gasteiger partial charge in [-0.3, -0.25) is 9.59 Å². The predicted molar refractivity (Wildman–Crippen MR) is 119 cm³/mol. The first kappa shape index (κ1) is 20.6. The summed E-state index contributed by atoms with van der Waals surface area (Å²) in [6, 6.07) is 25.4. The van der Waals surface area contributed by atoms with Crippen molar-refractivity contribution >= 4 is 23.6 Å².